The van der Waals surface area contributed by atoms with E-state index in [1.807, 2.05) is 0 Å². The molecule has 0 aromatic rings. The highest BCUT2D eigenvalue weighted by atomic mass is 80.0. The number of unbranched alkanes of at least 4 members (excludes halogenated alkanes) is 1. The Bertz CT molecular complexity index is 64.0. The Kier molecular flexibility index (Phi) is 16.8. The largest absolute Gasteiger partial charge is 0.542 e. The molecule has 0 aliphatic heterocycles. The minimum absolute atomic E-state index is 0.653. The summed E-state index contributed by atoms with van der Waals surface area (Å²) in [5, 5.41) is 0. The van der Waals surface area contributed by atoms with Gasteiger partial charge in [-0.05, 0) is 5.92 Å². The van der Waals surface area contributed by atoms with Crippen LogP contribution in [0.4, 0.5) is 0 Å². The van der Waals surface area contributed by atoms with Gasteiger partial charge in [-0.1, -0.05) is 40.0 Å². The van der Waals surface area contributed by atoms with E-state index < -0.39 is 8.67 Å². The van der Waals surface area contributed by atoms with Crippen molar-refractivity contribution in [1.29, 1.82) is 0 Å². The van der Waals surface area contributed by atoms with Crippen molar-refractivity contribution < 1.29 is 0 Å². The molecule has 0 saturated carbocycles. The van der Waals surface area contributed by atoms with E-state index in [4.69, 9.17) is 0 Å². The Hall–Kier alpha value is 1.97. The number of halogens is 3. The van der Waals surface area contributed by atoms with Crippen LogP contribution < -0.4 is 0 Å². The first kappa shape index (κ1) is 15.4. The normalized spacial score (nSPS) is 9.00. The lowest BCUT2D eigenvalue weighted by molar-refractivity contribution is 0.595. The molecule has 0 spiro atoms. The smallest absolute Gasteiger partial charge is 0.181 e. The predicted octanol–water partition coefficient (Wildman–Crippen LogP) is 4.80. The van der Waals surface area contributed by atoms with Gasteiger partial charge >= 0.3 is 8.67 Å². The SMILES string of the molecule is [Br][Al]([Br])[Br].[CH2]C(C)CCCC. The molecule has 0 aromatic heterocycles. The van der Waals surface area contributed by atoms with E-state index in [1.54, 1.807) is 0 Å². The molecule has 1 atom stereocenters. The van der Waals surface area contributed by atoms with Gasteiger partial charge < -0.3 is 0 Å². The van der Waals surface area contributed by atoms with Crippen LogP contribution in [0.2, 0.25) is 0 Å². The van der Waals surface area contributed by atoms with Crippen molar-refractivity contribution in [3.63, 3.8) is 0 Å². The average Bonchev–Trinajstić information content (AvgIpc) is 1.82. The van der Waals surface area contributed by atoms with Crippen molar-refractivity contribution in [3.8, 4) is 0 Å². The van der Waals surface area contributed by atoms with Crippen LogP contribution in [0.15, 0.2) is 0 Å². The molecule has 0 fully saturated rings. The maximum atomic E-state index is 3.88. The first-order valence-corrected chi connectivity index (χ1v) is 13.3. The van der Waals surface area contributed by atoms with Gasteiger partial charge in [0.25, 0.3) is 0 Å². The van der Waals surface area contributed by atoms with Gasteiger partial charge in [-0.15, -0.1) is 0 Å². The molecule has 0 aliphatic carbocycles. The second-order valence-electron chi connectivity index (χ2n) is 2.49. The zero-order valence-electron chi connectivity index (χ0n) is 7.12. The van der Waals surface area contributed by atoms with Crippen molar-refractivity contribution in [1.82, 2.24) is 0 Å². The fraction of sp³-hybridized carbons (Fsp3) is 0.857. The number of hydrogen-bond donors (Lipinski definition) is 0. The second kappa shape index (κ2) is 12.0. The molecule has 4 heteroatoms. The highest BCUT2D eigenvalue weighted by Crippen LogP contribution is 2.07. The van der Waals surface area contributed by atoms with Gasteiger partial charge in [-0.3, -0.25) is 0 Å². The highest BCUT2D eigenvalue weighted by molar-refractivity contribution is 9.69. The quantitative estimate of drug-likeness (QED) is 0.630. The van der Waals surface area contributed by atoms with Crippen LogP contribution in [0.3, 0.4) is 0 Å². The van der Waals surface area contributed by atoms with E-state index in [2.05, 4.69) is 62.9 Å². The monoisotopic (exact) mass is 363 g/mol. The fourth-order valence-electron chi connectivity index (χ4n) is 0.553. The molecule has 1 radical (unpaired) electrons. The van der Waals surface area contributed by atoms with Crippen LogP contribution in [0, 0.1) is 12.8 Å². The molecule has 0 aromatic carbocycles. The zero-order valence-corrected chi connectivity index (χ0v) is 13.0. The van der Waals surface area contributed by atoms with E-state index in [0.29, 0.717) is 5.92 Å². The van der Waals surface area contributed by atoms with Crippen molar-refractivity contribution in [2.45, 2.75) is 33.1 Å². The van der Waals surface area contributed by atoms with Crippen LogP contribution in [-0.4, -0.2) is 8.67 Å². The lowest BCUT2D eigenvalue weighted by atomic mass is 10.1. The van der Waals surface area contributed by atoms with Gasteiger partial charge in [0.15, 0.2) is 0 Å². The molecule has 0 bridgehead atoms. The molecule has 11 heavy (non-hydrogen) atoms. The summed E-state index contributed by atoms with van der Waals surface area (Å²) in [7, 11) is -0.701. The molecular weight excluding hydrogens is 351 g/mol. The van der Waals surface area contributed by atoms with E-state index in [-0.39, 0.29) is 0 Å². The summed E-state index contributed by atoms with van der Waals surface area (Å²) in [5.74, 6) is 0.653. The van der Waals surface area contributed by atoms with Gasteiger partial charge in [0.1, 0.15) is 0 Å². The van der Waals surface area contributed by atoms with Gasteiger partial charge in [0.2, 0.25) is 0 Å². The third-order valence-electron chi connectivity index (χ3n) is 1.05. The van der Waals surface area contributed by atoms with Gasteiger partial charge in [0, 0.05) is 0 Å². The van der Waals surface area contributed by atoms with Crippen LogP contribution in [-0.2, 0) is 0 Å². The van der Waals surface area contributed by atoms with Crippen molar-refractivity contribution in [2.75, 3.05) is 0 Å². The third-order valence-corrected chi connectivity index (χ3v) is 1.05. The maximum Gasteiger partial charge on any atom is 0.542 e. The maximum absolute atomic E-state index is 3.88. The summed E-state index contributed by atoms with van der Waals surface area (Å²) >= 11 is 9.73. The average molecular weight is 366 g/mol. The summed E-state index contributed by atoms with van der Waals surface area (Å²) in [5.41, 5.74) is 0. The number of hydrogen-bond acceptors (Lipinski definition) is 0. The highest BCUT2D eigenvalue weighted by Gasteiger charge is 1.95. The first-order chi connectivity index (χ1) is 5.00. The van der Waals surface area contributed by atoms with Gasteiger partial charge in [0.05, 0.1) is 0 Å². The molecule has 0 saturated heterocycles. The third kappa shape index (κ3) is 33.4. The van der Waals surface area contributed by atoms with Crippen molar-refractivity contribution in [3.05, 3.63) is 6.92 Å². The van der Waals surface area contributed by atoms with Crippen molar-refractivity contribution >= 4 is 50.8 Å². The molecule has 0 N–H and O–H groups in total. The lowest BCUT2D eigenvalue weighted by Gasteiger charge is -1.98. The molecule has 0 heterocycles. The molecular formula is C7H15AlBr3. The molecule has 0 nitrogen and oxygen atoms in total. The van der Waals surface area contributed by atoms with E-state index >= 15 is 0 Å². The Morgan fingerprint density at radius 1 is 1.36 bits per heavy atom. The molecule has 1 unspecified atom stereocenters. The van der Waals surface area contributed by atoms with E-state index in [1.165, 1.54) is 19.3 Å². The Morgan fingerprint density at radius 2 is 1.73 bits per heavy atom. The Morgan fingerprint density at radius 3 is 1.82 bits per heavy atom. The summed E-state index contributed by atoms with van der Waals surface area (Å²) in [4.78, 5) is 0. The minimum Gasteiger partial charge on any atom is -0.181 e. The van der Waals surface area contributed by atoms with Crippen LogP contribution in [0.5, 0.6) is 0 Å². The zero-order chi connectivity index (χ0) is 9.28. The lowest BCUT2D eigenvalue weighted by Crippen LogP contribution is -1.84. The Balaban J connectivity index is 0. The summed E-state index contributed by atoms with van der Waals surface area (Å²) in [6, 6.07) is 0. The van der Waals surface area contributed by atoms with E-state index in [0.717, 1.165) is 0 Å². The van der Waals surface area contributed by atoms with Gasteiger partial charge in [-0.2, -0.15) is 42.2 Å². The van der Waals surface area contributed by atoms with E-state index in [9.17, 15) is 0 Å². The van der Waals surface area contributed by atoms with Gasteiger partial charge in [-0.25, -0.2) is 0 Å². The molecule has 67 valence electrons. The van der Waals surface area contributed by atoms with Crippen LogP contribution >= 0.6 is 42.2 Å². The minimum atomic E-state index is -0.701. The molecule has 0 aliphatic rings. The van der Waals surface area contributed by atoms with Crippen LogP contribution in [0.1, 0.15) is 33.1 Å². The summed E-state index contributed by atoms with van der Waals surface area (Å²) in [6.45, 7) is 8.25. The summed E-state index contributed by atoms with van der Waals surface area (Å²) in [6.07, 6.45) is 3.93. The first-order valence-electron chi connectivity index (χ1n) is 3.76. The molecule has 0 rings (SSSR count). The second-order valence-corrected chi connectivity index (χ2v) is 22.3. The number of rotatable bonds is 3. The summed E-state index contributed by atoms with van der Waals surface area (Å²) < 4.78 is 0. The Labute approximate surface area is 95.9 Å². The van der Waals surface area contributed by atoms with Crippen molar-refractivity contribution in [2.24, 2.45) is 5.92 Å². The molecule has 0 amide bonds. The fourth-order valence-corrected chi connectivity index (χ4v) is 0.553. The predicted molar refractivity (Wildman–Crippen MR) is 66.6 cm³/mol. The van der Waals surface area contributed by atoms with Crippen LogP contribution in [0.25, 0.3) is 0 Å². The standard InChI is InChI=1S/C7H15.Al.3BrH/c1-4-5-6-7(2)3;;;;/h7H,2,4-6H2,1,3H3;;3*1H/q;+3;;;/p-3. The topological polar surface area (TPSA) is 0 Å².